The Morgan fingerprint density at radius 3 is 2.71 bits per heavy atom. The van der Waals surface area contributed by atoms with Gasteiger partial charge in [0.05, 0.1) is 12.5 Å². The van der Waals surface area contributed by atoms with Crippen LogP contribution in [0, 0.1) is 5.92 Å². The van der Waals surface area contributed by atoms with Crippen LogP contribution >= 0.6 is 0 Å². The van der Waals surface area contributed by atoms with Crippen molar-refractivity contribution in [3.8, 4) is 0 Å². The maximum atomic E-state index is 10.9. The lowest BCUT2D eigenvalue weighted by Crippen LogP contribution is -2.15. The monoisotopic (exact) mass is 234 g/mol. The van der Waals surface area contributed by atoms with E-state index in [1.54, 1.807) is 6.08 Å². The van der Waals surface area contributed by atoms with Crippen molar-refractivity contribution in [2.75, 3.05) is 6.61 Å². The fourth-order valence-electron chi connectivity index (χ4n) is 1.53. The van der Waals surface area contributed by atoms with Gasteiger partial charge in [-0.25, -0.2) is 0 Å². The lowest BCUT2D eigenvalue weighted by molar-refractivity contribution is -0.142. The normalized spacial score (nSPS) is 12.0. The molecule has 1 aromatic carbocycles. The summed E-state index contributed by atoms with van der Waals surface area (Å²) in [5.41, 5.74) is 1.10. The fraction of sp³-hybridized carbons (Fsp3) is 0.357. The molecular formula is C14H18O3. The summed E-state index contributed by atoms with van der Waals surface area (Å²) in [4.78, 5) is 10.9. The highest BCUT2D eigenvalue weighted by Crippen LogP contribution is 2.10. The van der Waals surface area contributed by atoms with Crippen molar-refractivity contribution < 1.29 is 14.6 Å². The Labute approximate surface area is 102 Å². The van der Waals surface area contributed by atoms with E-state index in [1.165, 1.54) is 0 Å². The van der Waals surface area contributed by atoms with Crippen molar-refractivity contribution >= 4 is 5.97 Å². The second-order valence-electron chi connectivity index (χ2n) is 3.89. The third-order valence-electron chi connectivity index (χ3n) is 2.52. The average molecular weight is 234 g/mol. The van der Waals surface area contributed by atoms with Gasteiger partial charge in [0.1, 0.15) is 0 Å². The van der Waals surface area contributed by atoms with Crippen molar-refractivity contribution in [1.29, 1.82) is 0 Å². The molecule has 0 heterocycles. The number of ether oxygens (including phenoxy) is 1. The van der Waals surface area contributed by atoms with Crippen LogP contribution in [0.3, 0.4) is 0 Å². The maximum absolute atomic E-state index is 10.9. The first-order chi connectivity index (χ1) is 8.24. The Kier molecular flexibility index (Phi) is 6.04. The number of hydrogen-bond donors (Lipinski definition) is 1. The summed E-state index contributed by atoms with van der Waals surface area (Å²) in [5.74, 6) is -1.17. The molecule has 17 heavy (non-hydrogen) atoms. The summed E-state index contributed by atoms with van der Waals surface area (Å²) >= 11 is 0. The van der Waals surface area contributed by atoms with E-state index in [4.69, 9.17) is 9.84 Å². The van der Waals surface area contributed by atoms with Crippen LogP contribution in [0.1, 0.15) is 18.4 Å². The van der Waals surface area contributed by atoms with E-state index in [1.807, 2.05) is 30.3 Å². The highest BCUT2D eigenvalue weighted by Gasteiger charge is 2.14. The van der Waals surface area contributed by atoms with Crippen LogP contribution in [0.5, 0.6) is 0 Å². The molecule has 1 unspecified atom stereocenters. The Balaban J connectivity index is 2.23. The first-order valence-corrected chi connectivity index (χ1v) is 5.69. The molecule has 0 bridgehead atoms. The molecule has 0 aliphatic heterocycles. The summed E-state index contributed by atoms with van der Waals surface area (Å²) < 4.78 is 5.45. The molecule has 1 N–H and O–H groups in total. The molecule has 0 radical (unpaired) electrons. The third-order valence-corrected chi connectivity index (χ3v) is 2.52. The van der Waals surface area contributed by atoms with Gasteiger partial charge in [-0.1, -0.05) is 36.4 Å². The smallest absolute Gasteiger partial charge is 0.306 e. The maximum Gasteiger partial charge on any atom is 0.306 e. The molecular weight excluding hydrogens is 216 g/mol. The SMILES string of the molecule is C=CCC(CCOCc1ccccc1)C(=O)O. The molecule has 0 fully saturated rings. The molecule has 92 valence electrons. The van der Waals surface area contributed by atoms with E-state index in [2.05, 4.69) is 6.58 Å². The largest absolute Gasteiger partial charge is 0.481 e. The van der Waals surface area contributed by atoms with Gasteiger partial charge in [-0.15, -0.1) is 6.58 Å². The molecule has 1 rings (SSSR count). The van der Waals surface area contributed by atoms with Crippen molar-refractivity contribution in [3.05, 3.63) is 48.6 Å². The van der Waals surface area contributed by atoms with Gasteiger partial charge < -0.3 is 9.84 Å². The molecule has 0 saturated carbocycles. The quantitative estimate of drug-likeness (QED) is 0.555. The van der Waals surface area contributed by atoms with Gasteiger partial charge in [0.25, 0.3) is 0 Å². The molecule has 1 atom stereocenters. The number of carboxylic acid groups (broad SMARTS) is 1. The predicted molar refractivity (Wildman–Crippen MR) is 66.7 cm³/mol. The second kappa shape index (κ2) is 7.63. The van der Waals surface area contributed by atoms with Gasteiger partial charge in [0.2, 0.25) is 0 Å². The molecule has 0 aliphatic rings. The minimum atomic E-state index is -0.784. The number of carbonyl (C=O) groups is 1. The summed E-state index contributed by atoms with van der Waals surface area (Å²) in [7, 11) is 0. The summed E-state index contributed by atoms with van der Waals surface area (Å²) in [6.07, 6.45) is 2.65. The zero-order valence-electron chi connectivity index (χ0n) is 9.84. The van der Waals surface area contributed by atoms with Crippen LogP contribution in [0.15, 0.2) is 43.0 Å². The molecule has 0 saturated heterocycles. The molecule has 3 nitrogen and oxygen atoms in total. The summed E-state index contributed by atoms with van der Waals surface area (Å²) in [5, 5.41) is 8.92. The van der Waals surface area contributed by atoms with Crippen molar-refractivity contribution in [2.45, 2.75) is 19.4 Å². The molecule has 0 aromatic heterocycles. The molecule has 0 spiro atoms. The minimum absolute atomic E-state index is 0.386. The standard InChI is InChI=1S/C14H18O3/c1-2-6-13(14(15)16)9-10-17-11-12-7-4-3-5-8-12/h2-5,7-8,13H,1,6,9-11H2,(H,15,16). The van der Waals surface area contributed by atoms with Gasteiger partial charge in [-0.2, -0.15) is 0 Å². The number of aliphatic carboxylic acids is 1. The van der Waals surface area contributed by atoms with Crippen molar-refractivity contribution in [3.63, 3.8) is 0 Å². The Bertz CT molecular complexity index is 346. The highest BCUT2D eigenvalue weighted by atomic mass is 16.5. The van der Waals surface area contributed by atoms with Gasteiger partial charge in [-0.05, 0) is 18.4 Å². The van der Waals surface area contributed by atoms with Crippen molar-refractivity contribution in [2.24, 2.45) is 5.92 Å². The molecule has 1 aromatic rings. The Morgan fingerprint density at radius 2 is 2.12 bits per heavy atom. The number of allylic oxidation sites excluding steroid dienone is 1. The number of benzene rings is 1. The van der Waals surface area contributed by atoms with Gasteiger partial charge in [0.15, 0.2) is 0 Å². The summed E-state index contributed by atoms with van der Waals surface area (Å²) in [6, 6.07) is 9.83. The van der Waals surface area contributed by atoms with Crippen LogP contribution in [-0.4, -0.2) is 17.7 Å². The van der Waals surface area contributed by atoms with E-state index in [0.717, 1.165) is 5.56 Å². The van der Waals surface area contributed by atoms with Gasteiger partial charge in [-0.3, -0.25) is 4.79 Å². The van der Waals surface area contributed by atoms with E-state index >= 15 is 0 Å². The molecule has 0 amide bonds. The zero-order chi connectivity index (χ0) is 12.5. The lowest BCUT2D eigenvalue weighted by atomic mass is 10.0. The van der Waals surface area contributed by atoms with E-state index in [0.29, 0.717) is 26.1 Å². The number of rotatable bonds is 8. The van der Waals surface area contributed by atoms with Gasteiger partial charge >= 0.3 is 5.97 Å². The van der Waals surface area contributed by atoms with Crippen LogP contribution < -0.4 is 0 Å². The minimum Gasteiger partial charge on any atom is -0.481 e. The highest BCUT2D eigenvalue weighted by molar-refractivity contribution is 5.70. The molecule has 3 heteroatoms. The van der Waals surface area contributed by atoms with Crippen LogP contribution in [0.4, 0.5) is 0 Å². The first-order valence-electron chi connectivity index (χ1n) is 5.69. The second-order valence-corrected chi connectivity index (χ2v) is 3.89. The Morgan fingerprint density at radius 1 is 1.41 bits per heavy atom. The molecule has 0 aliphatic carbocycles. The lowest BCUT2D eigenvalue weighted by Gasteiger charge is -2.10. The number of carboxylic acids is 1. The van der Waals surface area contributed by atoms with E-state index in [-0.39, 0.29) is 5.92 Å². The van der Waals surface area contributed by atoms with Crippen LogP contribution in [0.2, 0.25) is 0 Å². The third kappa shape index (κ3) is 5.31. The van der Waals surface area contributed by atoms with E-state index in [9.17, 15) is 4.79 Å². The fourth-order valence-corrected chi connectivity index (χ4v) is 1.53. The zero-order valence-corrected chi connectivity index (χ0v) is 9.84. The van der Waals surface area contributed by atoms with Crippen LogP contribution in [0.25, 0.3) is 0 Å². The van der Waals surface area contributed by atoms with Gasteiger partial charge in [0, 0.05) is 6.61 Å². The Hall–Kier alpha value is -1.61. The number of hydrogen-bond acceptors (Lipinski definition) is 2. The topological polar surface area (TPSA) is 46.5 Å². The summed E-state index contributed by atoms with van der Waals surface area (Å²) in [6.45, 7) is 4.54. The van der Waals surface area contributed by atoms with Crippen molar-refractivity contribution in [1.82, 2.24) is 0 Å². The van der Waals surface area contributed by atoms with E-state index < -0.39 is 5.97 Å². The first kappa shape index (κ1) is 13.5. The predicted octanol–water partition coefficient (Wildman–Crippen LogP) is 2.87. The average Bonchev–Trinajstić information content (AvgIpc) is 2.34. The van der Waals surface area contributed by atoms with Crippen LogP contribution in [-0.2, 0) is 16.1 Å².